The van der Waals surface area contributed by atoms with E-state index >= 15 is 0 Å². The van der Waals surface area contributed by atoms with Gasteiger partial charge in [-0.25, -0.2) is 9.97 Å². The molecular weight excluding hydrogens is 224 g/mol. The van der Waals surface area contributed by atoms with E-state index in [-0.39, 0.29) is 6.04 Å². The van der Waals surface area contributed by atoms with Crippen LogP contribution in [0.4, 0.5) is 5.82 Å². The molecule has 2 heterocycles. The molecule has 1 aliphatic heterocycles. The zero-order valence-electron chi connectivity index (χ0n) is 11.7. The van der Waals surface area contributed by atoms with Gasteiger partial charge in [-0.1, -0.05) is 6.92 Å². The summed E-state index contributed by atoms with van der Waals surface area (Å²) in [5, 5.41) is 0. The van der Waals surface area contributed by atoms with Gasteiger partial charge in [-0.2, -0.15) is 0 Å². The SMILES string of the molecule is CCc1cc(N2CCCCC2C(C)N)nc(C)n1. The van der Waals surface area contributed by atoms with E-state index in [1.807, 2.05) is 6.92 Å². The number of rotatable bonds is 3. The van der Waals surface area contributed by atoms with Gasteiger partial charge >= 0.3 is 0 Å². The Hall–Kier alpha value is -1.16. The highest BCUT2D eigenvalue weighted by molar-refractivity contribution is 5.42. The van der Waals surface area contributed by atoms with Crippen LogP contribution in [0.3, 0.4) is 0 Å². The molecular formula is C14H24N4. The number of hydrogen-bond donors (Lipinski definition) is 1. The minimum absolute atomic E-state index is 0.186. The molecule has 0 radical (unpaired) electrons. The molecule has 4 heteroatoms. The molecule has 18 heavy (non-hydrogen) atoms. The maximum Gasteiger partial charge on any atom is 0.132 e. The molecule has 0 spiro atoms. The van der Waals surface area contributed by atoms with Crippen molar-refractivity contribution in [1.82, 2.24) is 9.97 Å². The number of aryl methyl sites for hydroxylation is 2. The predicted molar refractivity (Wildman–Crippen MR) is 74.8 cm³/mol. The van der Waals surface area contributed by atoms with Gasteiger partial charge < -0.3 is 10.6 Å². The maximum absolute atomic E-state index is 6.12. The van der Waals surface area contributed by atoms with Crippen LogP contribution in [0.1, 0.15) is 44.6 Å². The Morgan fingerprint density at radius 1 is 1.44 bits per heavy atom. The fourth-order valence-electron chi connectivity index (χ4n) is 2.73. The second-order valence-electron chi connectivity index (χ2n) is 5.23. The molecule has 2 unspecified atom stereocenters. The van der Waals surface area contributed by atoms with E-state index < -0.39 is 0 Å². The first-order valence-corrected chi connectivity index (χ1v) is 6.98. The van der Waals surface area contributed by atoms with Gasteiger partial charge in [0.15, 0.2) is 0 Å². The second-order valence-corrected chi connectivity index (χ2v) is 5.23. The van der Waals surface area contributed by atoms with Crippen molar-refractivity contribution >= 4 is 5.82 Å². The van der Waals surface area contributed by atoms with Gasteiger partial charge in [-0.15, -0.1) is 0 Å². The third-order valence-corrected chi connectivity index (χ3v) is 3.69. The van der Waals surface area contributed by atoms with Crippen LogP contribution >= 0.6 is 0 Å². The summed E-state index contributed by atoms with van der Waals surface area (Å²) in [6.07, 6.45) is 4.62. The molecule has 0 aliphatic carbocycles. The summed E-state index contributed by atoms with van der Waals surface area (Å²) in [6.45, 7) is 7.25. The van der Waals surface area contributed by atoms with Gasteiger partial charge in [0.1, 0.15) is 11.6 Å². The minimum Gasteiger partial charge on any atom is -0.352 e. The molecule has 2 N–H and O–H groups in total. The number of aromatic nitrogens is 2. The number of hydrogen-bond acceptors (Lipinski definition) is 4. The lowest BCUT2D eigenvalue weighted by Crippen LogP contribution is -2.49. The van der Waals surface area contributed by atoms with Crippen molar-refractivity contribution in [3.8, 4) is 0 Å². The molecule has 1 aromatic rings. The molecule has 4 nitrogen and oxygen atoms in total. The molecule has 2 rings (SSSR count). The summed E-state index contributed by atoms with van der Waals surface area (Å²) < 4.78 is 0. The van der Waals surface area contributed by atoms with Crippen molar-refractivity contribution in [2.24, 2.45) is 5.73 Å². The van der Waals surface area contributed by atoms with Gasteiger partial charge in [0.05, 0.1) is 0 Å². The average Bonchev–Trinajstić information content (AvgIpc) is 2.38. The van der Waals surface area contributed by atoms with Gasteiger partial charge in [0.2, 0.25) is 0 Å². The molecule has 0 amide bonds. The average molecular weight is 248 g/mol. The smallest absolute Gasteiger partial charge is 0.132 e. The van der Waals surface area contributed by atoms with Crippen molar-refractivity contribution in [2.45, 2.75) is 58.5 Å². The first-order chi connectivity index (χ1) is 8.61. The summed E-state index contributed by atoms with van der Waals surface area (Å²) in [5.74, 6) is 1.92. The molecule has 1 aliphatic rings. The van der Waals surface area contributed by atoms with E-state index in [1.165, 1.54) is 19.3 Å². The van der Waals surface area contributed by atoms with E-state index in [4.69, 9.17) is 5.73 Å². The fraction of sp³-hybridized carbons (Fsp3) is 0.714. The lowest BCUT2D eigenvalue weighted by molar-refractivity contribution is 0.410. The van der Waals surface area contributed by atoms with Crippen LogP contribution in [0.2, 0.25) is 0 Å². The maximum atomic E-state index is 6.12. The van der Waals surface area contributed by atoms with Gasteiger partial charge in [0, 0.05) is 30.4 Å². The lowest BCUT2D eigenvalue weighted by Gasteiger charge is -2.39. The molecule has 1 fully saturated rings. The lowest BCUT2D eigenvalue weighted by atomic mass is 9.97. The van der Waals surface area contributed by atoms with E-state index in [2.05, 4.69) is 34.8 Å². The monoisotopic (exact) mass is 248 g/mol. The first kappa shape index (κ1) is 13.3. The predicted octanol–water partition coefficient (Wildman–Crippen LogP) is 2.05. The van der Waals surface area contributed by atoms with Crippen LogP contribution in [0.15, 0.2) is 6.07 Å². The van der Waals surface area contributed by atoms with E-state index in [0.29, 0.717) is 6.04 Å². The summed E-state index contributed by atoms with van der Waals surface area (Å²) in [7, 11) is 0. The van der Waals surface area contributed by atoms with E-state index in [0.717, 1.165) is 30.3 Å². The van der Waals surface area contributed by atoms with Crippen LogP contribution < -0.4 is 10.6 Å². The summed E-state index contributed by atoms with van der Waals surface area (Å²) in [4.78, 5) is 11.4. The highest BCUT2D eigenvalue weighted by Crippen LogP contribution is 2.25. The topological polar surface area (TPSA) is 55.0 Å². The van der Waals surface area contributed by atoms with Crippen LogP contribution in [-0.4, -0.2) is 28.6 Å². The molecule has 0 aromatic carbocycles. The number of nitrogens with two attached hydrogens (primary N) is 1. The Morgan fingerprint density at radius 3 is 2.89 bits per heavy atom. The molecule has 1 aromatic heterocycles. The summed E-state index contributed by atoms with van der Waals surface area (Å²) in [6, 6.07) is 2.72. The van der Waals surface area contributed by atoms with E-state index in [1.54, 1.807) is 0 Å². The van der Waals surface area contributed by atoms with Crippen LogP contribution in [-0.2, 0) is 6.42 Å². The Balaban J connectivity index is 2.30. The normalized spacial score (nSPS) is 22.0. The van der Waals surface area contributed by atoms with Crippen molar-refractivity contribution in [3.05, 3.63) is 17.6 Å². The van der Waals surface area contributed by atoms with Crippen molar-refractivity contribution in [2.75, 3.05) is 11.4 Å². The standard InChI is InChI=1S/C14H24N4/c1-4-12-9-14(17-11(3)16-12)18-8-6-5-7-13(18)10(2)15/h9-10,13H,4-8,15H2,1-3H3. The zero-order chi connectivity index (χ0) is 13.1. The quantitative estimate of drug-likeness (QED) is 0.889. The Kier molecular flexibility index (Phi) is 4.17. The molecule has 0 bridgehead atoms. The third-order valence-electron chi connectivity index (χ3n) is 3.69. The molecule has 1 saturated heterocycles. The molecule has 100 valence electrons. The molecule has 2 atom stereocenters. The van der Waals surface area contributed by atoms with Gasteiger partial charge in [0.25, 0.3) is 0 Å². The molecule has 0 saturated carbocycles. The first-order valence-electron chi connectivity index (χ1n) is 6.98. The Morgan fingerprint density at radius 2 is 2.22 bits per heavy atom. The highest BCUT2D eigenvalue weighted by atomic mass is 15.2. The van der Waals surface area contributed by atoms with Crippen molar-refractivity contribution in [3.63, 3.8) is 0 Å². The van der Waals surface area contributed by atoms with Crippen molar-refractivity contribution in [1.29, 1.82) is 0 Å². The second kappa shape index (κ2) is 5.65. The van der Waals surface area contributed by atoms with E-state index in [9.17, 15) is 0 Å². The van der Waals surface area contributed by atoms with Crippen LogP contribution in [0.5, 0.6) is 0 Å². The number of nitrogens with zero attached hydrogens (tertiary/aromatic N) is 3. The minimum atomic E-state index is 0.186. The van der Waals surface area contributed by atoms with Crippen LogP contribution in [0, 0.1) is 6.92 Å². The Bertz CT molecular complexity index is 403. The number of piperidine rings is 1. The Labute approximate surface area is 110 Å². The van der Waals surface area contributed by atoms with Crippen LogP contribution in [0.25, 0.3) is 0 Å². The largest absolute Gasteiger partial charge is 0.352 e. The zero-order valence-corrected chi connectivity index (χ0v) is 11.7. The summed E-state index contributed by atoms with van der Waals surface area (Å²) >= 11 is 0. The fourth-order valence-corrected chi connectivity index (χ4v) is 2.73. The number of anilines is 1. The highest BCUT2D eigenvalue weighted by Gasteiger charge is 2.26. The van der Waals surface area contributed by atoms with Crippen molar-refractivity contribution < 1.29 is 0 Å². The third kappa shape index (κ3) is 2.80. The summed E-state index contributed by atoms with van der Waals surface area (Å²) in [5.41, 5.74) is 7.24. The van der Waals surface area contributed by atoms with Gasteiger partial charge in [-0.05, 0) is 39.5 Å². The van der Waals surface area contributed by atoms with Gasteiger partial charge in [-0.3, -0.25) is 0 Å².